The molecule has 106 valence electrons. The minimum Gasteiger partial charge on any atom is -0.354 e. The van der Waals surface area contributed by atoms with E-state index in [0.29, 0.717) is 16.8 Å². The van der Waals surface area contributed by atoms with Gasteiger partial charge in [-0.2, -0.15) is 4.98 Å². The Bertz CT molecular complexity index is 587. The fourth-order valence-electron chi connectivity index (χ4n) is 1.51. The van der Waals surface area contributed by atoms with E-state index in [2.05, 4.69) is 59.4 Å². The molecule has 0 unspecified atom stereocenters. The summed E-state index contributed by atoms with van der Waals surface area (Å²) in [7, 11) is 0. The summed E-state index contributed by atoms with van der Waals surface area (Å²) < 4.78 is 1.84. The summed E-state index contributed by atoms with van der Waals surface area (Å²) in [6.07, 6.45) is 2.59. The Hall–Kier alpha value is -0.850. The monoisotopic (exact) mass is 418 g/mol. The maximum atomic E-state index is 6.14. The van der Waals surface area contributed by atoms with Crippen molar-refractivity contribution in [3.05, 3.63) is 38.4 Å². The lowest BCUT2D eigenvalue weighted by Crippen LogP contribution is -2.06. The van der Waals surface area contributed by atoms with E-state index >= 15 is 0 Å². The summed E-state index contributed by atoms with van der Waals surface area (Å²) in [5, 5.41) is 6.81. The van der Waals surface area contributed by atoms with E-state index in [4.69, 9.17) is 11.6 Å². The van der Waals surface area contributed by atoms with E-state index < -0.39 is 0 Å². The molecule has 2 N–H and O–H groups in total. The molecule has 0 bridgehead atoms. The van der Waals surface area contributed by atoms with Crippen molar-refractivity contribution >= 4 is 60.9 Å². The third kappa shape index (κ3) is 3.84. The average molecular weight is 421 g/mol. The van der Waals surface area contributed by atoms with Gasteiger partial charge in [0.25, 0.3) is 0 Å². The number of halogens is 3. The van der Waals surface area contributed by atoms with Crippen molar-refractivity contribution in [3.8, 4) is 0 Å². The Balaban J connectivity index is 2.28. The van der Waals surface area contributed by atoms with Crippen LogP contribution >= 0.6 is 43.5 Å². The molecule has 1 aromatic heterocycles. The first-order chi connectivity index (χ1) is 9.61. The van der Waals surface area contributed by atoms with Crippen LogP contribution in [0.4, 0.5) is 17.5 Å². The highest BCUT2D eigenvalue weighted by Crippen LogP contribution is 2.34. The molecule has 0 aliphatic heterocycles. The predicted octanol–water partition coefficient (Wildman–Crippen LogP) is 5.22. The van der Waals surface area contributed by atoms with E-state index in [1.165, 1.54) is 0 Å². The summed E-state index contributed by atoms with van der Waals surface area (Å²) in [5.41, 5.74) is 0.870. The molecule has 0 saturated heterocycles. The minimum atomic E-state index is 0.467. The van der Waals surface area contributed by atoms with Crippen molar-refractivity contribution in [3.63, 3.8) is 0 Å². The van der Waals surface area contributed by atoms with Crippen LogP contribution in [0.2, 0.25) is 5.02 Å². The van der Waals surface area contributed by atoms with Crippen LogP contribution in [0.25, 0.3) is 0 Å². The topological polar surface area (TPSA) is 49.8 Å². The second-order valence-corrected chi connectivity index (χ2v) is 6.15. The summed E-state index contributed by atoms with van der Waals surface area (Å²) in [5.74, 6) is 1.12. The Morgan fingerprint density at radius 1 is 1.25 bits per heavy atom. The van der Waals surface area contributed by atoms with Gasteiger partial charge in [0.1, 0.15) is 5.02 Å². The van der Waals surface area contributed by atoms with Gasteiger partial charge in [0, 0.05) is 15.5 Å². The number of hydrogen-bond acceptors (Lipinski definition) is 4. The van der Waals surface area contributed by atoms with E-state index in [0.717, 1.165) is 27.6 Å². The fraction of sp³-hybridized carbons (Fsp3) is 0.231. The van der Waals surface area contributed by atoms with Crippen LogP contribution in [0, 0.1) is 0 Å². The highest BCUT2D eigenvalue weighted by Gasteiger charge is 2.10. The van der Waals surface area contributed by atoms with Crippen LogP contribution in [-0.4, -0.2) is 16.5 Å². The summed E-state index contributed by atoms with van der Waals surface area (Å²) >= 11 is 13.1. The van der Waals surface area contributed by atoms with Crippen LogP contribution < -0.4 is 10.6 Å². The summed E-state index contributed by atoms with van der Waals surface area (Å²) in [6, 6.07) is 5.83. The quantitative estimate of drug-likeness (QED) is 0.696. The van der Waals surface area contributed by atoms with Crippen molar-refractivity contribution in [2.24, 2.45) is 0 Å². The summed E-state index contributed by atoms with van der Waals surface area (Å²) in [4.78, 5) is 8.53. The largest absolute Gasteiger partial charge is 0.354 e. The smallest absolute Gasteiger partial charge is 0.224 e. The zero-order valence-corrected chi connectivity index (χ0v) is 14.7. The molecular formula is C13H13Br2ClN4. The summed E-state index contributed by atoms with van der Waals surface area (Å²) in [6.45, 7) is 2.90. The molecule has 20 heavy (non-hydrogen) atoms. The van der Waals surface area contributed by atoms with Gasteiger partial charge in [-0.05, 0) is 50.4 Å². The molecule has 0 amide bonds. The van der Waals surface area contributed by atoms with E-state index in [9.17, 15) is 0 Å². The molecule has 0 fully saturated rings. The molecule has 1 heterocycles. The number of hydrogen-bond donors (Lipinski definition) is 2. The van der Waals surface area contributed by atoms with Crippen molar-refractivity contribution < 1.29 is 0 Å². The van der Waals surface area contributed by atoms with Crippen LogP contribution in [0.3, 0.4) is 0 Å². The van der Waals surface area contributed by atoms with E-state index in [-0.39, 0.29) is 0 Å². The maximum absolute atomic E-state index is 6.14. The number of nitrogens with zero attached hydrogens (tertiary/aromatic N) is 2. The molecule has 0 spiro atoms. The molecule has 4 nitrogen and oxygen atoms in total. The molecule has 0 saturated carbocycles. The van der Waals surface area contributed by atoms with Crippen LogP contribution in [-0.2, 0) is 0 Å². The average Bonchev–Trinajstić information content (AvgIpc) is 2.43. The molecule has 1 aromatic carbocycles. The lowest BCUT2D eigenvalue weighted by Gasteiger charge is -2.12. The molecule has 2 rings (SSSR count). The zero-order valence-electron chi connectivity index (χ0n) is 10.8. The van der Waals surface area contributed by atoms with E-state index in [1.807, 2.05) is 18.2 Å². The Morgan fingerprint density at radius 2 is 1.95 bits per heavy atom. The van der Waals surface area contributed by atoms with Gasteiger partial charge in [-0.1, -0.05) is 24.6 Å². The van der Waals surface area contributed by atoms with Gasteiger partial charge in [-0.3, -0.25) is 0 Å². The number of benzene rings is 1. The van der Waals surface area contributed by atoms with Crippen molar-refractivity contribution in [1.29, 1.82) is 0 Å². The molecular weight excluding hydrogens is 407 g/mol. The first kappa shape index (κ1) is 15.5. The molecule has 0 atom stereocenters. The van der Waals surface area contributed by atoms with Gasteiger partial charge in [0.15, 0.2) is 5.82 Å². The lowest BCUT2D eigenvalue weighted by molar-refractivity contribution is 0.953. The van der Waals surface area contributed by atoms with Crippen molar-refractivity contribution in [2.75, 3.05) is 17.2 Å². The molecule has 7 heteroatoms. The predicted molar refractivity (Wildman–Crippen MR) is 90.9 cm³/mol. The van der Waals surface area contributed by atoms with Gasteiger partial charge in [-0.25, -0.2) is 4.98 Å². The number of para-hydroxylation sites is 1. The number of rotatable bonds is 5. The second kappa shape index (κ2) is 7.24. The second-order valence-electron chi connectivity index (χ2n) is 4.04. The van der Waals surface area contributed by atoms with Crippen LogP contribution in [0.15, 0.2) is 33.3 Å². The highest BCUT2D eigenvalue weighted by molar-refractivity contribution is 9.11. The standard InChI is InChI=1S/C13H13Br2ClN4/c1-2-6-17-13-18-7-10(16)12(20-13)19-11-8(14)4-3-5-9(11)15/h3-5,7H,2,6H2,1H3,(H2,17,18,19,20). The number of anilines is 3. The molecule has 0 aliphatic carbocycles. The lowest BCUT2D eigenvalue weighted by atomic mass is 10.3. The van der Waals surface area contributed by atoms with Gasteiger partial charge in [0.05, 0.1) is 11.9 Å². The molecule has 0 aliphatic rings. The first-order valence-corrected chi connectivity index (χ1v) is 8.05. The maximum Gasteiger partial charge on any atom is 0.224 e. The highest BCUT2D eigenvalue weighted by atomic mass is 79.9. The number of nitrogens with one attached hydrogen (secondary N) is 2. The first-order valence-electron chi connectivity index (χ1n) is 6.09. The van der Waals surface area contributed by atoms with E-state index in [1.54, 1.807) is 6.20 Å². The third-order valence-electron chi connectivity index (χ3n) is 2.48. The third-order valence-corrected chi connectivity index (χ3v) is 4.08. The van der Waals surface area contributed by atoms with Crippen LogP contribution in [0.5, 0.6) is 0 Å². The Labute approximate surface area is 139 Å². The normalized spacial score (nSPS) is 10.4. The van der Waals surface area contributed by atoms with Gasteiger partial charge in [-0.15, -0.1) is 0 Å². The van der Waals surface area contributed by atoms with Crippen molar-refractivity contribution in [1.82, 2.24) is 9.97 Å². The number of aromatic nitrogens is 2. The van der Waals surface area contributed by atoms with Gasteiger partial charge in [0.2, 0.25) is 5.95 Å². The fourth-order valence-corrected chi connectivity index (χ4v) is 2.85. The van der Waals surface area contributed by atoms with Crippen molar-refractivity contribution in [2.45, 2.75) is 13.3 Å². The zero-order chi connectivity index (χ0) is 14.5. The Morgan fingerprint density at radius 3 is 2.60 bits per heavy atom. The molecule has 0 radical (unpaired) electrons. The van der Waals surface area contributed by atoms with Gasteiger partial charge >= 0.3 is 0 Å². The Kier molecular flexibility index (Phi) is 5.63. The SMILES string of the molecule is CCCNc1ncc(Cl)c(Nc2c(Br)cccc2Br)n1. The van der Waals surface area contributed by atoms with Gasteiger partial charge < -0.3 is 10.6 Å². The molecule has 2 aromatic rings. The van der Waals surface area contributed by atoms with Crippen LogP contribution in [0.1, 0.15) is 13.3 Å². The minimum absolute atomic E-state index is 0.467.